The molecule has 4 heterocycles. The Morgan fingerprint density at radius 2 is 2.03 bits per heavy atom. The maximum Gasteiger partial charge on any atom is 0.142 e. The molecule has 0 radical (unpaired) electrons. The Labute approximate surface area is 199 Å². The molecule has 0 spiro atoms. The van der Waals surface area contributed by atoms with Crippen molar-refractivity contribution in [1.82, 2.24) is 30.0 Å². The van der Waals surface area contributed by atoms with E-state index in [2.05, 4.69) is 30.2 Å². The second-order valence-electron chi connectivity index (χ2n) is 8.39. The molecule has 1 aromatic carbocycles. The minimum Gasteiger partial charge on any atom is -0.340 e. The van der Waals surface area contributed by atoms with Gasteiger partial charge in [0.15, 0.2) is 0 Å². The number of nitrogens with one attached hydrogen (secondary N) is 2. The first kappa shape index (κ1) is 21.0. The van der Waals surface area contributed by atoms with E-state index in [1.165, 1.54) is 27.8 Å². The minimum atomic E-state index is -0.440. The van der Waals surface area contributed by atoms with E-state index in [-0.39, 0.29) is 5.02 Å². The first-order chi connectivity index (χ1) is 16.2. The molecule has 0 saturated carbocycles. The molecular weight excluding hydrogens is 461 g/mol. The summed E-state index contributed by atoms with van der Waals surface area (Å²) in [5.41, 5.74) is 4.45. The van der Waals surface area contributed by atoms with Crippen molar-refractivity contribution in [2.24, 2.45) is 0 Å². The van der Waals surface area contributed by atoms with Crippen molar-refractivity contribution < 1.29 is 4.39 Å². The number of aryl methyl sites for hydroxylation is 1. The third-order valence-corrected chi connectivity index (χ3v) is 7.88. The van der Waals surface area contributed by atoms with Gasteiger partial charge in [0.1, 0.15) is 22.8 Å². The summed E-state index contributed by atoms with van der Waals surface area (Å²) >= 11 is 7.65. The first-order valence-corrected chi connectivity index (χ1v) is 12.3. The summed E-state index contributed by atoms with van der Waals surface area (Å²) in [5, 5.41) is 12.6. The molecule has 0 bridgehead atoms. The number of anilines is 2. The maximum atomic E-state index is 13.6. The predicted octanol–water partition coefficient (Wildman–Crippen LogP) is 4.09. The number of hydrogen-bond acceptors (Lipinski definition) is 7. The van der Waals surface area contributed by atoms with Crippen molar-refractivity contribution in [1.29, 1.82) is 0 Å². The topological polar surface area (TPSA) is 70.9 Å². The highest BCUT2D eigenvalue weighted by molar-refractivity contribution is 7.22. The lowest BCUT2D eigenvalue weighted by molar-refractivity contribution is 0.228. The fourth-order valence-corrected chi connectivity index (χ4v) is 6.13. The summed E-state index contributed by atoms with van der Waals surface area (Å²) in [4.78, 5) is 13.7. The van der Waals surface area contributed by atoms with Gasteiger partial charge in [0, 0.05) is 54.5 Å². The molecule has 4 aromatic rings. The number of aromatic nitrogens is 4. The molecule has 0 amide bonds. The molecule has 170 valence electrons. The normalized spacial score (nSPS) is 16.1. The molecule has 6 rings (SSSR count). The molecule has 1 aliphatic heterocycles. The summed E-state index contributed by atoms with van der Waals surface area (Å²) in [6.07, 6.45) is 5.41. The van der Waals surface area contributed by atoms with E-state index in [1.54, 1.807) is 29.8 Å². The van der Waals surface area contributed by atoms with Crippen molar-refractivity contribution >= 4 is 44.7 Å². The van der Waals surface area contributed by atoms with E-state index in [0.717, 1.165) is 68.1 Å². The van der Waals surface area contributed by atoms with Crippen LogP contribution in [0.1, 0.15) is 11.3 Å². The molecule has 0 atom stereocenters. The average Bonchev–Trinajstić information content (AvgIpc) is 3.42. The van der Waals surface area contributed by atoms with Crippen LogP contribution in [-0.4, -0.2) is 57.4 Å². The molecule has 2 aliphatic rings. The molecule has 10 heteroatoms. The fraction of sp³-hybridized carbons (Fsp3) is 0.348. The molecule has 3 aromatic heterocycles. The molecule has 1 aliphatic carbocycles. The van der Waals surface area contributed by atoms with Crippen LogP contribution in [0.5, 0.6) is 0 Å². The van der Waals surface area contributed by atoms with Crippen molar-refractivity contribution in [3.05, 3.63) is 52.8 Å². The van der Waals surface area contributed by atoms with Crippen molar-refractivity contribution in [3.8, 4) is 10.4 Å². The Balaban J connectivity index is 1.31. The van der Waals surface area contributed by atoms with Gasteiger partial charge in [-0.05, 0) is 36.6 Å². The Bertz CT molecular complexity index is 1330. The van der Waals surface area contributed by atoms with Crippen LogP contribution in [0.25, 0.3) is 20.7 Å². The van der Waals surface area contributed by atoms with Crippen molar-refractivity contribution in [2.45, 2.75) is 19.4 Å². The molecule has 1 saturated heterocycles. The number of rotatable bonds is 5. The average molecular weight is 484 g/mol. The van der Waals surface area contributed by atoms with Gasteiger partial charge in [-0.25, -0.2) is 14.4 Å². The quantitative estimate of drug-likeness (QED) is 0.445. The Hall–Kier alpha value is -2.59. The SMILES string of the molecule is Fc1ccc(Nc2ncnc3sc4c(c23)CCc2c-4cnn2CCN2CCNCC2)cc1Cl. The zero-order chi connectivity index (χ0) is 22.4. The van der Waals surface area contributed by atoms with Gasteiger partial charge in [0.2, 0.25) is 0 Å². The van der Waals surface area contributed by atoms with E-state index in [1.807, 2.05) is 6.20 Å². The summed E-state index contributed by atoms with van der Waals surface area (Å²) < 4.78 is 15.7. The molecule has 0 unspecified atom stereocenters. The molecule has 33 heavy (non-hydrogen) atoms. The molecular formula is C23H23ClFN7S. The first-order valence-electron chi connectivity index (χ1n) is 11.1. The summed E-state index contributed by atoms with van der Waals surface area (Å²) in [6, 6.07) is 4.59. The lowest BCUT2D eigenvalue weighted by atomic mass is 9.95. The second-order valence-corrected chi connectivity index (χ2v) is 9.79. The van der Waals surface area contributed by atoms with Crippen LogP contribution in [-0.2, 0) is 19.4 Å². The van der Waals surface area contributed by atoms with Crippen LogP contribution >= 0.6 is 22.9 Å². The molecule has 7 nitrogen and oxygen atoms in total. The lowest BCUT2D eigenvalue weighted by Crippen LogP contribution is -2.44. The standard InChI is InChI=1S/C23H23ClFN7S/c24-17-11-14(1-3-18(17)25)30-22-20-15-2-4-19-16(21(15)33-23(20)28-13-27-22)12-29-32(19)10-9-31-7-5-26-6-8-31/h1,3,11-13,26H,2,4-10H2,(H,27,28,30). The van der Waals surface area contributed by atoms with Gasteiger partial charge in [0.05, 0.1) is 23.2 Å². The van der Waals surface area contributed by atoms with E-state index >= 15 is 0 Å². The number of nitrogens with zero attached hydrogens (tertiary/aromatic N) is 5. The third kappa shape index (κ3) is 3.89. The number of piperazine rings is 1. The van der Waals surface area contributed by atoms with Gasteiger partial charge in [-0.2, -0.15) is 5.10 Å². The zero-order valence-electron chi connectivity index (χ0n) is 17.9. The highest BCUT2D eigenvalue weighted by Gasteiger charge is 2.27. The van der Waals surface area contributed by atoms with Gasteiger partial charge in [0.25, 0.3) is 0 Å². The maximum absolute atomic E-state index is 13.6. The summed E-state index contributed by atoms with van der Waals surface area (Å²) in [6.45, 7) is 6.24. The Morgan fingerprint density at radius 1 is 1.15 bits per heavy atom. The third-order valence-electron chi connectivity index (χ3n) is 6.41. The lowest BCUT2D eigenvalue weighted by Gasteiger charge is -2.27. The van der Waals surface area contributed by atoms with Crippen LogP contribution in [0.4, 0.5) is 15.9 Å². The van der Waals surface area contributed by atoms with E-state index < -0.39 is 5.82 Å². The summed E-state index contributed by atoms with van der Waals surface area (Å²) in [7, 11) is 0. The van der Waals surface area contributed by atoms with Crippen molar-refractivity contribution in [3.63, 3.8) is 0 Å². The van der Waals surface area contributed by atoms with Crippen molar-refractivity contribution in [2.75, 3.05) is 38.0 Å². The van der Waals surface area contributed by atoms with Gasteiger partial charge in [-0.1, -0.05) is 11.6 Å². The number of benzene rings is 1. The summed E-state index contributed by atoms with van der Waals surface area (Å²) in [5.74, 6) is 0.277. The largest absolute Gasteiger partial charge is 0.340 e. The highest BCUT2D eigenvalue weighted by Crippen LogP contribution is 2.45. The van der Waals surface area contributed by atoms with Gasteiger partial charge in [-0.3, -0.25) is 9.58 Å². The minimum absolute atomic E-state index is 0.0792. The molecule has 1 fully saturated rings. The Morgan fingerprint density at radius 3 is 2.88 bits per heavy atom. The second kappa shape index (κ2) is 8.64. The number of fused-ring (bicyclic) bond motifs is 5. The van der Waals surface area contributed by atoms with Crippen LogP contribution in [0.3, 0.4) is 0 Å². The van der Waals surface area contributed by atoms with Crippen LogP contribution in [0.15, 0.2) is 30.7 Å². The fourth-order valence-electron chi connectivity index (χ4n) is 4.72. The molecule has 2 N–H and O–H groups in total. The number of halogens is 2. The van der Waals surface area contributed by atoms with E-state index in [9.17, 15) is 4.39 Å². The number of thiophene rings is 1. The van der Waals surface area contributed by atoms with Gasteiger partial charge >= 0.3 is 0 Å². The van der Waals surface area contributed by atoms with Gasteiger partial charge in [-0.15, -0.1) is 11.3 Å². The highest BCUT2D eigenvalue weighted by atomic mass is 35.5. The van der Waals surface area contributed by atoms with E-state index in [4.69, 9.17) is 16.7 Å². The number of hydrogen-bond donors (Lipinski definition) is 2. The van der Waals surface area contributed by atoms with Crippen LogP contribution in [0.2, 0.25) is 5.02 Å². The predicted molar refractivity (Wildman–Crippen MR) is 130 cm³/mol. The van der Waals surface area contributed by atoms with Gasteiger partial charge < -0.3 is 10.6 Å². The zero-order valence-corrected chi connectivity index (χ0v) is 19.5. The smallest absolute Gasteiger partial charge is 0.142 e. The Kier molecular flexibility index (Phi) is 5.49. The van der Waals surface area contributed by atoms with Crippen LogP contribution < -0.4 is 10.6 Å². The van der Waals surface area contributed by atoms with E-state index in [0.29, 0.717) is 5.69 Å². The van der Waals surface area contributed by atoms with Crippen LogP contribution in [0, 0.1) is 5.82 Å². The monoisotopic (exact) mass is 483 g/mol.